The maximum absolute atomic E-state index is 12.0. The van der Waals surface area contributed by atoms with E-state index in [1.54, 1.807) is 22.6 Å². The molecule has 0 fully saturated rings. The number of hydrogen-bond donors (Lipinski definition) is 2. The first-order chi connectivity index (χ1) is 7.69. The molecule has 0 saturated carbocycles. The standard InChI is InChI=1S/C8H5F3INO4/c9-8(10,11)17-7-6(16)4(12)1-3(13-7)2-5(14)15/h1,16H,2H2,(H,14,15). The summed E-state index contributed by atoms with van der Waals surface area (Å²) in [6.07, 6.45) is -5.57. The summed E-state index contributed by atoms with van der Waals surface area (Å²) >= 11 is 1.54. The van der Waals surface area contributed by atoms with Gasteiger partial charge in [-0.05, 0) is 28.7 Å². The molecule has 1 aromatic rings. The van der Waals surface area contributed by atoms with Crippen LogP contribution in [0.1, 0.15) is 5.69 Å². The third kappa shape index (κ3) is 4.24. The molecule has 1 heterocycles. The number of ether oxygens (including phenoxy) is 1. The molecule has 0 aliphatic rings. The summed E-state index contributed by atoms with van der Waals surface area (Å²) < 4.78 is 39.4. The van der Waals surface area contributed by atoms with Gasteiger partial charge in [-0.2, -0.15) is 0 Å². The lowest BCUT2D eigenvalue weighted by Crippen LogP contribution is -2.18. The van der Waals surface area contributed by atoms with Crippen LogP contribution in [0.3, 0.4) is 0 Å². The maximum atomic E-state index is 12.0. The Kier molecular flexibility index (Phi) is 4.01. The van der Waals surface area contributed by atoms with E-state index in [4.69, 9.17) is 5.11 Å². The lowest BCUT2D eigenvalue weighted by Gasteiger charge is -2.11. The fourth-order valence-electron chi connectivity index (χ4n) is 0.959. The summed E-state index contributed by atoms with van der Waals surface area (Å²) in [5, 5.41) is 17.8. The second-order valence-electron chi connectivity index (χ2n) is 2.87. The van der Waals surface area contributed by atoms with Gasteiger partial charge in [-0.1, -0.05) is 0 Å². The average Bonchev–Trinajstić information content (AvgIpc) is 2.09. The second kappa shape index (κ2) is 4.94. The van der Waals surface area contributed by atoms with Crippen LogP contribution in [0.2, 0.25) is 0 Å². The number of carboxylic acids is 1. The van der Waals surface area contributed by atoms with Crippen molar-refractivity contribution in [3.8, 4) is 11.6 Å². The molecule has 2 N–H and O–H groups in total. The highest BCUT2D eigenvalue weighted by molar-refractivity contribution is 14.1. The van der Waals surface area contributed by atoms with Crippen molar-refractivity contribution in [1.82, 2.24) is 4.98 Å². The number of carbonyl (C=O) groups is 1. The number of aromatic nitrogens is 1. The molecular weight excluding hydrogens is 358 g/mol. The van der Waals surface area contributed by atoms with Crippen molar-refractivity contribution in [2.75, 3.05) is 0 Å². The molecule has 0 unspecified atom stereocenters. The Hall–Kier alpha value is -1.26. The van der Waals surface area contributed by atoms with Gasteiger partial charge in [0.1, 0.15) is 0 Å². The summed E-state index contributed by atoms with van der Waals surface area (Å²) in [6.45, 7) is 0. The lowest BCUT2D eigenvalue weighted by atomic mass is 10.2. The van der Waals surface area contributed by atoms with E-state index in [0.717, 1.165) is 6.07 Å². The maximum Gasteiger partial charge on any atom is 0.574 e. The molecule has 0 spiro atoms. The molecule has 94 valence electrons. The number of nitrogens with zero attached hydrogens (tertiary/aromatic N) is 1. The van der Waals surface area contributed by atoms with Crippen molar-refractivity contribution >= 4 is 28.6 Å². The minimum atomic E-state index is -5.00. The molecule has 0 bridgehead atoms. The summed E-state index contributed by atoms with van der Waals surface area (Å²) in [7, 11) is 0. The topological polar surface area (TPSA) is 79.7 Å². The number of rotatable bonds is 3. The zero-order valence-electron chi connectivity index (χ0n) is 7.95. The van der Waals surface area contributed by atoms with Gasteiger partial charge in [0, 0.05) is 0 Å². The average molecular weight is 363 g/mol. The summed E-state index contributed by atoms with van der Waals surface area (Å²) in [5.41, 5.74) is -0.140. The molecule has 17 heavy (non-hydrogen) atoms. The summed E-state index contributed by atoms with van der Waals surface area (Å²) in [6, 6.07) is 1.16. The van der Waals surface area contributed by atoms with E-state index in [1.165, 1.54) is 0 Å². The van der Waals surface area contributed by atoms with Crippen LogP contribution >= 0.6 is 22.6 Å². The molecule has 0 saturated heterocycles. The fraction of sp³-hybridized carbons (Fsp3) is 0.250. The number of alkyl halides is 3. The van der Waals surface area contributed by atoms with E-state index in [-0.39, 0.29) is 9.26 Å². The first kappa shape index (κ1) is 13.8. The van der Waals surface area contributed by atoms with Gasteiger partial charge in [0.2, 0.25) is 0 Å². The Bertz CT molecular complexity index is 449. The van der Waals surface area contributed by atoms with Gasteiger partial charge in [-0.3, -0.25) is 4.79 Å². The molecule has 1 rings (SSSR count). The number of aromatic hydroxyl groups is 1. The van der Waals surface area contributed by atoms with Crippen molar-refractivity contribution in [2.45, 2.75) is 12.8 Å². The third-order valence-electron chi connectivity index (χ3n) is 1.51. The van der Waals surface area contributed by atoms with E-state index in [0.29, 0.717) is 0 Å². The van der Waals surface area contributed by atoms with Crippen molar-refractivity contribution in [3.63, 3.8) is 0 Å². The Balaban J connectivity index is 3.11. The van der Waals surface area contributed by atoms with Crippen molar-refractivity contribution < 1.29 is 32.9 Å². The predicted molar refractivity (Wildman–Crippen MR) is 56.6 cm³/mol. The van der Waals surface area contributed by atoms with Gasteiger partial charge in [-0.25, -0.2) is 4.98 Å². The Morgan fingerprint density at radius 1 is 1.53 bits per heavy atom. The zero-order chi connectivity index (χ0) is 13.2. The summed E-state index contributed by atoms with van der Waals surface area (Å²) in [5.74, 6) is -3.09. The van der Waals surface area contributed by atoms with Crippen LogP contribution in [0.4, 0.5) is 13.2 Å². The highest BCUT2D eigenvalue weighted by atomic mass is 127. The second-order valence-corrected chi connectivity index (χ2v) is 4.03. The number of hydrogen-bond acceptors (Lipinski definition) is 4. The molecule has 1 aromatic heterocycles. The molecule has 0 atom stereocenters. The fourth-order valence-corrected chi connectivity index (χ4v) is 1.55. The Morgan fingerprint density at radius 2 is 2.12 bits per heavy atom. The highest BCUT2D eigenvalue weighted by Gasteiger charge is 2.33. The smallest absolute Gasteiger partial charge is 0.502 e. The highest BCUT2D eigenvalue weighted by Crippen LogP contribution is 2.33. The van der Waals surface area contributed by atoms with Gasteiger partial charge in [0.05, 0.1) is 15.7 Å². The molecule has 0 radical (unpaired) electrons. The SMILES string of the molecule is O=C(O)Cc1cc(I)c(O)c(OC(F)(F)F)n1. The van der Waals surface area contributed by atoms with E-state index in [9.17, 15) is 23.1 Å². The minimum absolute atomic E-state index is 0.0214. The van der Waals surface area contributed by atoms with Crippen molar-refractivity contribution in [1.29, 1.82) is 0 Å². The van der Waals surface area contributed by atoms with Crippen LogP contribution in [-0.2, 0) is 11.2 Å². The van der Waals surface area contributed by atoms with Crippen LogP contribution in [0.15, 0.2) is 6.07 Å². The normalized spacial score (nSPS) is 11.3. The number of halogens is 4. The van der Waals surface area contributed by atoms with Crippen LogP contribution in [0.25, 0.3) is 0 Å². The van der Waals surface area contributed by atoms with Gasteiger partial charge in [0.15, 0.2) is 5.75 Å². The molecule has 0 aliphatic heterocycles. The quantitative estimate of drug-likeness (QED) is 0.803. The first-order valence-corrected chi connectivity index (χ1v) is 5.13. The zero-order valence-corrected chi connectivity index (χ0v) is 10.1. The predicted octanol–water partition coefficient (Wildman–Crippen LogP) is 1.92. The molecule has 5 nitrogen and oxygen atoms in total. The van der Waals surface area contributed by atoms with Crippen LogP contribution in [-0.4, -0.2) is 27.5 Å². The van der Waals surface area contributed by atoms with Crippen molar-refractivity contribution in [3.05, 3.63) is 15.3 Å². The lowest BCUT2D eigenvalue weighted by molar-refractivity contribution is -0.276. The van der Waals surface area contributed by atoms with Gasteiger partial charge in [0.25, 0.3) is 5.88 Å². The van der Waals surface area contributed by atoms with E-state index in [2.05, 4.69) is 9.72 Å². The minimum Gasteiger partial charge on any atom is -0.502 e. The molecule has 9 heteroatoms. The largest absolute Gasteiger partial charge is 0.574 e. The molecular formula is C8H5F3INO4. The molecule has 0 aliphatic carbocycles. The monoisotopic (exact) mass is 363 g/mol. The molecule has 0 amide bonds. The van der Waals surface area contributed by atoms with Gasteiger partial charge >= 0.3 is 12.3 Å². The van der Waals surface area contributed by atoms with Gasteiger partial charge < -0.3 is 14.9 Å². The van der Waals surface area contributed by atoms with Gasteiger partial charge in [-0.15, -0.1) is 13.2 Å². The van der Waals surface area contributed by atoms with E-state index < -0.39 is 30.4 Å². The number of aliphatic carboxylic acids is 1. The summed E-state index contributed by atoms with van der Waals surface area (Å²) in [4.78, 5) is 13.7. The van der Waals surface area contributed by atoms with Crippen LogP contribution in [0, 0.1) is 3.57 Å². The van der Waals surface area contributed by atoms with E-state index in [1.807, 2.05) is 0 Å². The van der Waals surface area contributed by atoms with Crippen LogP contribution in [0.5, 0.6) is 11.6 Å². The first-order valence-electron chi connectivity index (χ1n) is 4.05. The Morgan fingerprint density at radius 3 is 2.59 bits per heavy atom. The molecule has 0 aromatic carbocycles. The van der Waals surface area contributed by atoms with E-state index >= 15 is 0 Å². The number of pyridine rings is 1. The third-order valence-corrected chi connectivity index (χ3v) is 2.33. The van der Waals surface area contributed by atoms with Crippen molar-refractivity contribution in [2.24, 2.45) is 0 Å². The number of carboxylic acid groups (broad SMARTS) is 1. The van der Waals surface area contributed by atoms with Crippen LogP contribution < -0.4 is 4.74 Å². The Labute approximate surface area is 106 Å².